The molecule has 2 saturated heterocycles. The van der Waals surface area contributed by atoms with Crippen molar-refractivity contribution in [3.63, 3.8) is 0 Å². The predicted octanol–water partition coefficient (Wildman–Crippen LogP) is 0.763. The maximum atomic E-state index is 12.5. The van der Waals surface area contributed by atoms with Crippen LogP contribution in [0.3, 0.4) is 0 Å². The number of nitrogens with one attached hydrogen (secondary N) is 3. The van der Waals surface area contributed by atoms with E-state index < -0.39 is 0 Å². The molecule has 2 fully saturated rings. The second-order valence-corrected chi connectivity index (χ2v) is 6.94. The lowest BCUT2D eigenvalue weighted by Gasteiger charge is -2.32. The molecule has 0 bridgehead atoms. The lowest BCUT2D eigenvalue weighted by atomic mass is 9.92. The van der Waals surface area contributed by atoms with Gasteiger partial charge in [-0.05, 0) is 32.4 Å². The Morgan fingerprint density at radius 1 is 1.36 bits per heavy atom. The third kappa shape index (κ3) is 4.98. The average molecular weight is 348 g/mol. The first-order valence-corrected chi connectivity index (χ1v) is 9.03. The van der Waals surface area contributed by atoms with Crippen LogP contribution in [0.4, 0.5) is 0 Å². The summed E-state index contributed by atoms with van der Waals surface area (Å²) in [6.45, 7) is 5.78. The Hall–Kier alpha value is -1.54. The number of hydrogen-bond acceptors (Lipinski definition) is 6. The summed E-state index contributed by atoms with van der Waals surface area (Å²) < 4.78 is 11.6. The van der Waals surface area contributed by atoms with Gasteiger partial charge in [0.25, 0.3) is 0 Å². The molecule has 0 aliphatic carbocycles. The molecular formula is C18H28N4O3. The SMILES string of the molecule is CC1NNC(C)C1CC(=O)N[C@@H]1COCC[C@H]1OCc1ccccn1. The molecule has 7 heteroatoms. The Kier molecular flexibility index (Phi) is 6.36. The van der Waals surface area contributed by atoms with Crippen molar-refractivity contribution in [3.05, 3.63) is 30.1 Å². The highest BCUT2D eigenvalue weighted by molar-refractivity contribution is 5.76. The maximum Gasteiger partial charge on any atom is 0.220 e. The van der Waals surface area contributed by atoms with E-state index in [1.807, 2.05) is 18.2 Å². The lowest BCUT2D eigenvalue weighted by Crippen LogP contribution is -2.51. The quantitative estimate of drug-likeness (QED) is 0.704. The molecule has 4 atom stereocenters. The van der Waals surface area contributed by atoms with Crippen LogP contribution in [0.2, 0.25) is 0 Å². The molecule has 1 amide bonds. The number of carbonyl (C=O) groups is 1. The summed E-state index contributed by atoms with van der Waals surface area (Å²) in [7, 11) is 0. The number of ether oxygens (including phenoxy) is 2. The van der Waals surface area contributed by atoms with Gasteiger partial charge < -0.3 is 14.8 Å². The topological polar surface area (TPSA) is 84.5 Å². The van der Waals surface area contributed by atoms with Gasteiger partial charge in [0.15, 0.2) is 0 Å². The minimum atomic E-state index is -0.113. The summed E-state index contributed by atoms with van der Waals surface area (Å²) in [5.41, 5.74) is 7.27. The van der Waals surface area contributed by atoms with Crippen molar-refractivity contribution in [1.29, 1.82) is 0 Å². The van der Waals surface area contributed by atoms with Gasteiger partial charge in [-0.25, -0.2) is 0 Å². The van der Waals surface area contributed by atoms with E-state index in [2.05, 4.69) is 35.0 Å². The number of hydrazine groups is 1. The van der Waals surface area contributed by atoms with Gasteiger partial charge in [0, 0.05) is 37.2 Å². The zero-order valence-electron chi connectivity index (χ0n) is 14.9. The third-order valence-corrected chi connectivity index (χ3v) is 5.05. The van der Waals surface area contributed by atoms with Crippen molar-refractivity contribution in [2.24, 2.45) is 5.92 Å². The van der Waals surface area contributed by atoms with Crippen LogP contribution in [0, 0.1) is 5.92 Å². The number of hydrogen-bond donors (Lipinski definition) is 3. The van der Waals surface area contributed by atoms with Gasteiger partial charge >= 0.3 is 0 Å². The first kappa shape index (κ1) is 18.3. The molecule has 25 heavy (non-hydrogen) atoms. The molecule has 3 rings (SSSR count). The minimum absolute atomic E-state index is 0.0469. The maximum absolute atomic E-state index is 12.5. The van der Waals surface area contributed by atoms with Crippen LogP contribution in [-0.2, 0) is 20.9 Å². The van der Waals surface area contributed by atoms with Gasteiger partial charge in [-0.15, -0.1) is 0 Å². The predicted molar refractivity (Wildman–Crippen MR) is 93.5 cm³/mol. The van der Waals surface area contributed by atoms with Crippen LogP contribution >= 0.6 is 0 Å². The molecule has 1 aromatic heterocycles. The van der Waals surface area contributed by atoms with Crippen molar-refractivity contribution >= 4 is 5.91 Å². The Balaban J connectivity index is 1.51. The summed E-state index contributed by atoms with van der Waals surface area (Å²) in [6.07, 6.45) is 2.98. The summed E-state index contributed by atoms with van der Waals surface area (Å²) in [4.78, 5) is 16.8. The Labute approximate surface area is 148 Å². The second kappa shape index (κ2) is 8.71. The van der Waals surface area contributed by atoms with E-state index in [1.54, 1.807) is 6.20 Å². The highest BCUT2D eigenvalue weighted by Gasteiger charge is 2.33. The van der Waals surface area contributed by atoms with Crippen LogP contribution < -0.4 is 16.2 Å². The van der Waals surface area contributed by atoms with Crippen molar-refractivity contribution in [2.75, 3.05) is 13.2 Å². The largest absolute Gasteiger partial charge is 0.379 e. The van der Waals surface area contributed by atoms with E-state index in [0.29, 0.717) is 26.2 Å². The molecule has 3 N–H and O–H groups in total. The summed E-state index contributed by atoms with van der Waals surface area (Å²) >= 11 is 0. The zero-order valence-corrected chi connectivity index (χ0v) is 14.9. The smallest absolute Gasteiger partial charge is 0.220 e. The van der Waals surface area contributed by atoms with Gasteiger partial charge in [-0.3, -0.25) is 20.6 Å². The van der Waals surface area contributed by atoms with Crippen LogP contribution in [0.15, 0.2) is 24.4 Å². The third-order valence-electron chi connectivity index (χ3n) is 5.05. The molecule has 2 aliphatic heterocycles. The fourth-order valence-corrected chi connectivity index (χ4v) is 3.47. The highest BCUT2D eigenvalue weighted by atomic mass is 16.5. The van der Waals surface area contributed by atoms with Crippen LogP contribution in [0.25, 0.3) is 0 Å². The number of nitrogens with zero attached hydrogens (tertiary/aromatic N) is 1. The summed E-state index contributed by atoms with van der Waals surface area (Å²) in [5.74, 6) is 0.327. The van der Waals surface area contributed by atoms with Crippen LogP contribution in [-0.4, -0.2) is 48.3 Å². The fraction of sp³-hybridized carbons (Fsp3) is 0.667. The van der Waals surface area contributed by atoms with Crippen LogP contribution in [0.1, 0.15) is 32.4 Å². The molecule has 1 aromatic rings. The van der Waals surface area contributed by atoms with E-state index in [4.69, 9.17) is 9.47 Å². The first-order chi connectivity index (χ1) is 12.1. The number of pyridine rings is 1. The summed E-state index contributed by atoms with van der Waals surface area (Å²) in [5, 5.41) is 3.11. The summed E-state index contributed by atoms with van der Waals surface area (Å²) in [6, 6.07) is 6.21. The van der Waals surface area contributed by atoms with E-state index in [-0.39, 0.29) is 36.1 Å². The molecular weight excluding hydrogens is 320 g/mol. The van der Waals surface area contributed by atoms with Crippen LogP contribution in [0.5, 0.6) is 0 Å². The van der Waals surface area contributed by atoms with E-state index in [9.17, 15) is 4.79 Å². The number of amides is 1. The molecule has 0 saturated carbocycles. The minimum Gasteiger partial charge on any atom is -0.379 e. The van der Waals surface area contributed by atoms with Crippen molar-refractivity contribution in [2.45, 2.75) is 57.5 Å². The molecule has 0 spiro atoms. The van der Waals surface area contributed by atoms with Gasteiger partial charge in [-0.2, -0.15) is 0 Å². The van der Waals surface area contributed by atoms with Gasteiger partial charge in [0.05, 0.1) is 31.1 Å². The van der Waals surface area contributed by atoms with Gasteiger partial charge in [0.1, 0.15) is 0 Å². The molecule has 0 aromatic carbocycles. The van der Waals surface area contributed by atoms with E-state index in [0.717, 1.165) is 12.1 Å². The Morgan fingerprint density at radius 2 is 2.16 bits per heavy atom. The normalized spacial score (nSPS) is 32.5. The molecule has 7 nitrogen and oxygen atoms in total. The number of rotatable bonds is 6. The molecule has 138 valence electrons. The monoisotopic (exact) mass is 348 g/mol. The van der Waals surface area contributed by atoms with Crippen molar-refractivity contribution in [1.82, 2.24) is 21.2 Å². The molecule has 2 unspecified atom stereocenters. The molecule has 0 radical (unpaired) electrons. The zero-order chi connectivity index (χ0) is 17.6. The number of aromatic nitrogens is 1. The highest BCUT2D eigenvalue weighted by Crippen LogP contribution is 2.19. The first-order valence-electron chi connectivity index (χ1n) is 9.03. The average Bonchev–Trinajstić information content (AvgIpc) is 2.94. The van der Waals surface area contributed by atoms with Crippen molar-refractivity contribution < 1.29 is 14.3 Å². The van der Waals surface area contributed by atoms with Crippen molar-refractivity contribution in [3.8, 4) is 0 Å². The second-order valence-electron chi connectivity index (χ2n) is 6.94. The van der Waals surface area contributed by atoms with Gasteiger partial charge in [0.2, 0.25) is 5.91 Å². The van der Waals surface area contributed by atoms with E-state index in [1.165, 1.54) is 0 Å². The number of carbonyl (C=O) groups excluding carboxylic acids is 1. The fourth-order valence-electron chi connectivity index (χ4n) is 3.47. The molecule has 2 aliphatic rings. The Bertz CT molecular complexity index is 547. The Morgan fingerprint density at radius 3 is 2.88 bits per heavy atom. The van der Waals surface area contributed by atoms with Gasteiger partial charge in [-0.1, -0.05) is 6.07 Å². The lowest BCUT2D eigenvalue weighted by molar-refractivity contribution is -0.127. The standard InChI is InChI=1S/C18H28N4O3/c1-12-15(13(2)22-21-12)9-18(23)20-16-11-24-8-6-17(16)25-10-14-5-3-4-7-19-14/h3-5,7,12-13,15-17,21-22H,6,8-11H2,1-2H3,(H,20,23)/t12?,13?,15?,16-,17-/m1/s1. The molecule has 3 heterocycles. The van der Waals surface area contributed by atoms with E-state index >= 15 is 0 Å².